The quantitative estimate of drug-likeness (QED) is 0.260. The second kappa shape index (κ2) is 573. The molecule has 0 aliphatic rings. The molecule has 0 aromatic heterocycles. The second-order valence-corrected chi connectivity index (χ2v) is 0.569. The topological polar surface area (TPSA) is 271 Å². The number of hydrogen-bond donors (Lipinski definition) is 2. The third kappa shape index (κ3) is 324. The molecule has 21 heavy (non-hydrogen) atoms. The van der Waals surface area contributed by atoms with Crippen molar-refractivity contribution in [3.63, 3.8) is 0 Å². The Morgan fingerprint density at radius 2 is 0.571 bits per heavy atom. The molecule has 13 nitrogen and oxygen atoms in total. The van der Waals surface area contributed by atoms with E-state index in [0.29, 0.717) is 24.3 Å². The van der Waals surface area contributed by atoms with E-state index >= 15 is 0 Å². The van der Waals surface area contributed by atoms with Crippen LogP contribution in [0.3, 0.4) is 0 Å². The van der Waals surface area contributed by atoms with Gasteiger partial charge in [-0.3, -0.25) is 19.2 Å². The first-order valence-corrected chi connectivity index (χ1v) is 2.62. The third-order valence-corrected chi connectivity index (χ3v) is 0. The van der Waals surface area contributed by atoms with Crippen molar-refractivity contribution in [3.8, 4) is 0 Å². The second-order valence-electron chi connectivity index (χ2n) is 0.569. The molecule has 0 amide bonds. The predicted octanol–water partition coefficient (Wildman–Crippen LogP) is -3.29. The van der Waals surface area contributed by atoms with Crippen molar-refractivity contribution in [2.45, 2.75) is 0 Å². The van der Waals surface area contributed by atoms with Gasteiger partial charge in [0, 0.05) is 0 Å². The number of nitrogens with zero attached hydrogens (tertiary/aromatic N) is 4. The summed E-state index contributed by atoms with van der Waals surface area (Å²) in [5.41, 5.74) is 0. The van der Waals surface area contributed by atoms with Gasteiger partial charge in [-0.25, -0.2) is 20.4 Å². The van der Waals surface area contributed by atoms with Gasteiger partial charge in [0.15, 0.2) is 0 Å². The van der Waals surface area contributed by atoms with Gasteiger partial charge in [0.05, 0.1) is 0 Å². The number of hydrogen-bond acceptors (Lipinski definition) is 8. The fourth-order valence-corrected chi connectivity index (χ4v) is 0. The first-order valence-electron chi connectivity index (χ1n) is 2.62. The summed E-state index contributed by atoms with van der Waals surface area (Å²) in [5, 5.41) is 37.9. The first-order chi connectivity index (χ1) is 8.49. The molecule has 112 valence electrons. The molecule has 0 aromatic carbocycles. The Morgan fingerprint density at radius 1 is 0.571 bits per heavy atom. The molecule has 0 radical (unpaired) electrons. The van der Waals surface area contributed by atoms with Gasteiger partial charge in [0.25, 0.3) is 0 Å². The van der Waals surface area contributed by atoms with Crippen LogP contribution in [0.5, 0.6) is 0 Å². The fourth-order valence-electron chi connectivity index (χ4n) is 0. The van der Waals surface area contributed by atoms with Crippen LogP contribution in [0.25, 0.3) is 21.6 Å². The number of carbonyl (C=O) groups excluding carboxylic acids is 6. The fraction of sp³-hybridized carbons (Fsp3) is 0. The minimum Gasteiger partial charge on any atom is -0.724 e. The molecular weight excluding hydrogens is 324 g/mol. The summed E-state index contributed by atoms with van der Waals surface area (Å²) in [4.78, 5) is 49.6. The Kier molecular flexibility index (Phi) is 1780. The largest absolute Gasteiger partial charge is 4.00 e. The van der Waals surface area contributed by atoms with Gasteiger partial charge in [0.2, 0.25) is 12.2 Å². The summed E-state index contributed by atoms with van der Waals surface area (Å²) in [5.74, 6) is 0. The molecule has 0 aliphatic carbocycles. The SMILES string of the molecule is N=C=O.N=C=O.O.[N-]=C=O.[N-]=C=O.[N-]=C=O.[N-]=C=O.[Si+4].[SiH4]. The van der Waals surface area contributed by atoms with Gasteiger partial charge in [0.1, 0.15) is 0 Å². The van der Waals surface area contributed by atoms with Crippen LogP contribution in [0.1, 0.15) is 0 Å². The number of nitrogens with one attached hydrogen (secondary N) is 2. The Balaban J connectivity index is -0.0000000114. The van der Waals surface area contributed by atoms with Crippen molar-refractivity contribution >= 4 is 58.4 Å². The smallest absolute Gasteiger partial charge is 0.724 e. The van der Waals surface area contributed by atoms with E-state index in [2.05, 4.69) is 0 Å². The Morgan fingerprint density at radius 3 is 0.571 bits per heavy atom. The van der Waals surface area contributed by atoms with Crippen LogP contribution in [-0.2, 0) is 28.8 Å². The van der Waals surface area contributed by atoms with Gasteiger partial charge in [-0.1, -0.05) is 0 Å². The monoisotopic (exact) mass is 332 g/mol. The maximum atomic E-state index is 8.35. The van der Waals surface area contributed by atoms with E-state index in [-0.39, 0.29) is 27.4 Å². The summed E-state index contributed by atoms with van der Waals surface area (Å²) in [7, 11) is 0. The summed E-state index contributed by atoms with van der Waals surface area (Å²) in [6, 6.07) is 0. The summed E-state index contributed by atoms with van der Waals surface area (Å²) < 4.78 is 0. The van der Waals surface area contributed by atoms with Crippen LogP contribution >= 0.6 is 0 Å². The van der Waals surface area contributed by atoms with Crippen LogP contribution in [0.4, 0.5) is 0 Å². The van der Waals surface area contributed by atoms with Crippen LogP contribution in [0.15, 0.2) is 0 Å². The average Bonchev–Trinajstić information content (AvgIpc) is 2.23. The van der Waals surface area contributed by atoms with E-state index in [1.165, 1.54) is 0 Å². The molecule has 0 spiro atoms. The molecule has 0 aliphatic heterocycles. The third-order valence-electron chi connectivity index (χ3n) is 0. The molecule has 0 saturated heterocycles. The molecule has 0 bridgehead atoms. The summed E-state index contributed by atoms with van der Waals surface area (Å²) in [6.07, 6.45) is 3.50. The van der Waals surface area contributed by atoms with Crippen LogP contribution in [0.2, 0.25) is 0 Å². The van der Waals surface area contributed by atoms with Crippen molar-refractivity contribution in [2.24, 2.45) is 0 Å². The summed E-state index contributed by atoms with van der Waals surface area (Å²) >= 11 is 0. The first kappa shape index (κ1) is 65.3. The minimum absolute atomic E-state index is 0. The zero-order valence-corrected chi connectivity index (χ0v) is 10.2. The molecule has 0 heterocycles. The van der Waals surface area contributed by atoms with Crippen LogP contribution in [0, 0.1) is 10.8 Å². The van der Waals surface area contributed by atoms with Crippen molar-refractivity contribution < 1.29 is 34.2 Å². The Bertz CT molecular complexity index is 259. The molecule has 0 aromatic rings. The average molecular weight is 332 g/mol. The Hall–Kier alpha value is -3.33. The van der Waals surface area contributed by atoms with Crippen LogP contribution in [-0.4, -0.2) is 63.9 Å². The molecule has 0 atom stereocenters. The molecule has 0 saturated carbocycles. The summed E-state index contributed by atoms with van der Waals surface area (Å²) in [6.45, 7) is 0. The van der Waals surface area contributed by atoms with Crippen molar-refractivity contribution in [1.82, 2.24) is 0 Å². The van der Waals surface area contributed by atoms with E-state index in [4.69, 9.17) is 61.2 Å². The normalized spacial score (nSPS) is 2.29. The van der Waals surface area contributed by atoms with E-state index in [0.717, 1.165) is 12.2 Å². The van der Waals surface area contributed by atoms with E-state index in [1.54, 1.807) is 0 Å². The molecule has 0 unspecified atom stereocenters. The Labute approximate surface area is 126 Å². The van der Waals surface area contributed by atoms with Gasteiger partial charge >= 0.3 is 11.0 Å². The van der Waals surface area contributed by atoms with E-state index < -0.39 is 0 Å². The van der Waals surface area contributed by atoms with Gasteiger partial charge in [-0.15, -0.1) is 0 Å². The van der Waals surface area contributed by atoms with E-state index in [9.17, 15) is 0 Å². The van der Waals surface area contributed by atoms with Gasteiger partial charge in [-0.2, -0.15) is 0 Å². The minimum atomic E-state index is 0. The molecule has 4 N–H and O–H groups in total. The van der Waals surface area contributed by atoms with Gasteiger partial charge in [-0.05, 0) is 35.3 Å². The molecule has 15 heteroatoms. The van der Waals surface area contributed by atoms with E-state index in [1.807, 2.05) is 0 Å². The molecule has 0 fully saturated rings. The standard InChI is InChI=1S/2CHNO.4CNO.H2O.H4Si.Si/c6*2-1-3;;;/h2*2H;;;;;1H2;1H4;/q;;4*-1;;;+4. The maximum absolute atomic E-state index is 8.35. The van der Waals surface area contributed by atoms with Crippen molar-refractivity contribution in [2.75, 3.05) is 0 Å². The molecule has 0 rings (SSSR count). The molecular formula is C6H8N6O7Si2. The van der Waals surface area contributed by atoms with Crippen molar-refractivity contribution in [1.29, 1.82) is 10.8 Å². The zero-order valence-electron chi connectivity index (χ0n) is 9.24. The zero-order chi connectivity index (χ0) is 16.2. The number of rotatable bonds is 0. The van der Waals surface area contributed by atoms with Crippen molar-refractivity contribution in [3.05, 3.63) is 21.6 Å². The maximum Gasteiger partial charge on any atom is 4.00 e. The van der Waals surface area contributed by atoms with Crippen LogP contribution < -0.4 is 0 Å². The van der Waals surface area contributed by atoms with Gasteiger partial charge < -0.3 is 27.1 Å². The predicted molar refractivity (Wildman–Crippen MR) is 73.7 cm³/mol. The number of isocyanates is 6.